The van der Waals surface area contributed by atoms with Crippen molar-refractivity contribution in [1.29, 1.82) is 0 Å². The molecular weight excluding hydrogens is 378 g/mol. The highest BCUT2D eigenvalue weighted by Crippen LogP contribution is 2.28. The number of halogens is 3. The summed E-state index contributed by atoms with van der Waals surface area (Å²) < 4.78 is 14.5. The molecule has 1 aromatic carbocycles. The van der Waals surface area contributed by atoms with Crippen molar-refractivity contribution in [3.05, 3.63) is 44.0 Å². The molecule has 0 spiro atoms. The van der Waals surface area contributed by atoms with Crippen LogP contribution in [-0.2, 0) is 0 Å². The van der Waals surface area contributed by atoms with Crippen LogP contribution in [0.5, 0.6) is 0 Å². The fourth-order valence-electron chi connectivity index (χ4n) is 1.68. The van der Waals surface area contributed by atoms with E-state index in [0.717, 1.165) is 9.26 Å². The Morgan fingerprint density at radius 3 is 2.53 bits per heavy atom. The Morgan fingerprint density at radius 1 is 1.26 bits per heavy atom. The molecule has 0 aliphatic heterocycles. The molecule has 0 saturated carbocycles. The molecule has 0 bridgehead atoms. The molecule has 0 radical (unpaired) electrons. The topological polar surface area (TPSA) is 25.8 Å². The highest BCUT2D eigenvalue weighted by Gasteiger charge is 2.15. The Bertz CT molecular complexity index is 629. The summed E-state index contributed by atoms with van der Waals surface area (Å²) in [5, 5.41) is 0.412. The second-order valence-corrected chi connectivity index (χ2v) is 6.09. The zero-order valence-corrected chi connectivity index (χ0v) is 13.8. The average molecular weight is 391 g/mol. The quantitative estimate of drug-likeness (QED) is 0.534. The van der Waals surface area contributed by atoms with E-state index in [9.17, 15) is 4.39 Å². The van der Waals surface area contributed by atoms with Crippen LogP contribution in [0, 0.1) is 16.3 Å². The summed E-state index contributed by atoms with van der Waals surface area (Å²) in [7, 11) is 0. The Hall–Kier alpha value is -0.750. The van der Waals surface area contributed by atoms with Crippen molar-refractivity contribution in [2.24, 2.45) is 0 Å². The zero-order valence-electron chi connectivity index (χ0n) is 10.8. The third kappa shape index (κ3) is 3.05. The molecule has 0 aliphatic rings. The minimum absolute atomic E-state index is 0.237. The van der Waals surface area contributed by atoms with Crippen LogP contribution in [-0.4, -0.2) is 9.97 Å². The second-order valence-electron chi connectivity index (χ2n) is 4.66. The molecule has 0 aliphatic carbocycles. The van der Waals surface area contributed by atoms with Gasteiger partial charge in [0, 0.05) is 5.56 Å². The van der Waals surface area contributed by atoms with E-state index in [-0.39, 0.29) is 11.7 Å². The number of aromatic nitrogens is 2. The molecule has 19 heavy (non-hydrogen) atoms. The van der Waals surface area contributed by atoms with Crippen molar-refractivity contribution in [3.63, 3.8) is 0 Å². The van der Waals surface area contributed by atoms with Gasteiger partial charge in [0.2, 0.25) is 0 Å². The number of hydrogen-bond acceptors (Lipinski definition) is 2. The van der Waals surface area contributed by atoms with E-state index in [2.05, 4.69) is 32.6 Å². The summed E-state index contributed by atoms with van der Waals surface area (Å²) in [6.07, 6.45) is 0. The molecule has 0 N–H and O–H groups in total. The maximum Gasteiger partial charge on any atom is 0.161 e. The van der Waals surface area contributed by atoms with Crippen molar-refractivity contribution in [2.45, 2.75) is 26.7 Å². The molecule has 2 aromatic rings. The lowest BCUT2D eigenvalue weighted by atomic mass is 10.1. The molecular formula is C14H13ClFIN2. The first-order valence-corrected chi connectivity index (χ1v) is 7.35. The lowest BCUT2D eigenvalue weighted by molar-refractivity contribution is 0.619. The normalized spacial score (nSPS) is 11.1. The van der Waals surface area contributed by atoms with Crippen LogP contribution in [0.2, 0.25) is 5.15 Å². The minimum Gasteiger partial charge on any atom is -0.232 e. The Kier molecular flexibility index (Phi) is 4.40. The third-order valence-electron chi connectivity index (χ3n) is 2.81. The van der Waals surface area contributed by atoms with Gasteiger partial charge in [-0.3, -0.25) is 0 Å². The Balaban J connectivity index is 2.59. The van der Waals surface area contributed by atoms with Crippen molar-refractivity contribution in [2.75, 3.05) is 0 Å². The number of nitrogens with zero attached hydrogens (tertiary/aromatic N) is 2. The van der Waals surface area contributed by atoms with Gasteiger partial charge >= 0.3 is 0 Å². The number of aryl methyl sites for hydroxylation is 1. The summed E-state index contributed by atoms with van der Waals surface area (Å²) in [5.41, 5.74) is 2.13. The van der Waals surface area contributed by atoms with Crippen LogP contribution in [0.4, 0.5) is 4.39 Å². The molecule has 0 saturated heterocycles. The predicted molar refractivity (Wildman–Crippen MR) is 84.0 cm³/mol. The van der Waals surface area contributed by atoms with E-state index in [1.807, 2.05) is 13.8 Å². The van der Waals surface area contributed by atoms with Gasteiger partial charge in [-0.15, -0.1) is 0 Å². The van der Waals surface area contributed by atoms with Gasteiger partial charge in [0.25, 0.3) is 0 Å². The summed E-state index contributed by atoms with van der Waals surface area (Å²) in [4.78, 5) is 8.74. The summed E-state index contributed by atoms with van der Waals surface area (Å²) >= 11 is 8.27. The number of rotatable bonds is 2. The third-order valence-corrected chi connectivity index (χ3v) is 4.47. The van der Waals surface area contributed by atoms with Gasteiger partial charge in [-0.1, -0.05) is 37.6 Å². The van der Waals surface area contributed by atoms with E-state index in [4.69, 9.17) is 11.6 Å². The highest BCUT2D eigenvalue weighted by atomic mass is 127. The van der Waals surface area contributed by atoms with Gasteiger partial charge in [-0.25, -0.2) is 14.4 Å². The zero-order chi connectivity index (χ0) is 14.2. The van der Waals surface area contributed by atoms with E-state index in [1.165, 1.54) is 6.07 Å². The van der Waals surface area contributed by atoms with Crippen LogP contribution < -0.4 is 0 Å². The number of hydrogen-bond donors (Lipinski definition) is 0. The van der Waals surface area contributed by atoms with E-state index in [1.54, 1.807) is 19.1 Å². The van der Waals surface area contributed by atoms with Crippen molar-refractivity contribution < 1.29 is 4.39 Å². The van der Waals surface area contributed by atoms with Gasteiger partial charge in [-0.2, -0.15) is 0 Å². The summed E-state index contributed by atoms with van der Waals surface area (Å²) in [5.74, 6) is 0.441. The Morgan fingerprint density at radius 2 is 1.95 bits per heavy atom. The smallest absolute Gasteiger partial charge is 0.161 e. The average Bonchev–Trinajstić information content (AvgIpc) is 2.35. The van der Waals surface area contributed by atoms with E-state index >= 15 is 0 Å². The lowest BCUT2D eigenvalue weighted by Gasteiger charge is -2.11. The van der Waals surface area contributed by atoms with Crippen LogP contribution in [0.3, 0.4) is 0 Å². The van der Waals surface area contributed by atoms with Crippen molar-refractivity contribution in [1.82, 2.24) is 9.97 Å². The summed E-state index contributed by atoms with van der Waals surface area (Å²) in [6, 6.07) is 4.97. The largest absolute Gasteiger partial charge is 0.232 e. The maximum absolute atomic E-state index is 13.6. The monoisotopic (exact) mass is 390 g/mol. The molecule has 5 heteroatoms. The van der Waals surface area contributed by atoms with Crippen LogP contribution in [0.25, 0.3) is 11.4 Å². The minimum atomic E-state index is -0.262. The van der Waals surface area contributed by atoms with Crippen LogP contribution in [0.15, 0.2) is 18.2 Å². The molecule has 0 atom stereocenters. The lowest BCUT2D eigenvalue weighted by Crippen LogP contribution is -2.02. The Labute approximate surface area is 130 Å². The predicted octanol–water partition coefficient (Wildman–Crippen LogP) is 4.97. The van der Waals surface area contributed by atoms with Gasteiger partial charge in [-0.05, 0) is 47.1 Å². The first-order valence-electron chi connectivity index (χ1n) is 5.89. The highest BCUT2D eigenvalue weighted by molar-refractivity contribution is 14.1. The molecule has 0 unspecified atom stereocenters. The summed E-state index contributed by atoms with van der Waals surface area (Å²) in [6.45, 7) is 5.81. The molecule has 1 aromatic heterocycles. The van der Waals surface area contributed by atoms with E-state index < -0.39 is 0 Å². The second kappa shape index (κ2) is 5.71. The van der Waals surface area contributed by atoms with Gasteiger partial charge in [0.1, 0.15) is 11.0 Å². The first kappa shape index (κ1) is 14.7. The van der Waals surface area contributed by atoms with Gasteiger partial charge < -0.3 is 0 Å². The SMILES string of the molecule is Cc1ccc(-c2nc(Cl)c(I)c(C(C)C)n2)cc1F. The van der Waals surface area contributed by atoms with Crippen molar-refractivity contribution >= 4 is 34.2 Å². The van der Waals surface area contributed by atoms with Crippen LogP contribution >= 0.6 is 34.2 Å². The van der Waals surface area contributed by atoms with Crippen molar-refractivity contribution in [3.8, 4) is 11.4 Å². The van der Waals surface area contributed by atoms with Crippen LogP contribution in [0.1, 0.15) is 31.0 Å². The molecule has 2 rings (SSSR count). The first-order chi connectivity index (χ1) is 8.90. The molecule has 1 heterocycles. The molecule has 0 amide bonds. The number of benzene rings is 1. The molecule has 100 valence electrons. The standard InChI is InChI=1S/C14H13ClFIN2/c1-7(2)12-11(17)13(15)19-14(18-12)9-5-4-8(3)10(16)6-9/h4-7H,1-3H3. The van der Waals surface area contributed by atoms with Gasteiger partial charge in [0.05, 0.1) is 9.26 Å². The maximum atomic E-state index is 13.6. The molecule has 2 nitrogen and oxygen atoms in total. The fourth-order valence-corrected chi connectivity index (χ4v) is 2.72. The van der Waals surface area contributed by atoms with E-state index in [0.29, 0.717) is 22.1 Å². The molecule has 0 fully saturated rings. The van der Waals surface area contributed by atoms with Gasteiger partial charge in [0.15, 0.2) is 5.82 Å². The fraction of sp³-hybridized carbons (Fsp3) is 0.286.